The van der Waals surface area contributed by atoms with Crippen molar-refractivity contribution in [2.45, 2.75) is 13.3 Å². The van der Waals surface area contributed by atoms with Crippen molar-refractivity contribution in [2.24, 2.45) is 0 Å². The summed E-state index contributed by atoms with van der Waals surface area (Å²) in [6.45, 7) is 2.32. The minimum atomic E-state index is -0.377. The molecule has 0 aliphatic carbocycles. The van der Waals surface area contributed by atoms with Crippen molar-refractivity contribution in [1.29, 1.82) is 0 Å². The van der Waals surface area contributed by atoms with E-state index in [1.165, 1.54) is 24.3 Å². The Labute approximate surface area is 138 Å². The number of nitrogens with one attached hydrogen (secondary N) is 2. The molecule has 5 nitrogen and oxygen atoms in total. The second-order valence-corrected chi connectivity index (χ2v) is 5.50. The number of hydroxylamine groups is 1. The second-order valence-electron chi connectivity index (χ2n) is 5.50. The molecule has 0 fully saturated rings. The van der Waals surface area contributed by atoms with Crippen LogP contribution in [0.15, 0.2) is 48.2 Å². The largest absolute Gasteiger partial charge is 0.508 e. The third kappa shape index (κ3) is 3.32. The van der Waals surface area contributed by atoms with Gasteiger partial charge in [-0.05, 0) is 55.0 Å². The molecule has 0 bridgehead atoms. The van der Waals surface area contributed by atoms with E-state index in [2.05, 4.69) is 10.8 Å². The van der Waals surface area contributed by atoms with Crippen molar-refractivity contribution in [3.63, 3.8) is 0 Å². The fraction of sp³-hybridized carbons (Fsp3) is 0.167. The average molecular weight is 328 g/mol. The minimum Gasteiger partial charge on any atom is -0.508 e. The number of halogens is 1. The standard InChI is InChI=1S/C18H17FN2O3/c1-11-15-10-14(22)6-7-17(15)24-21-16(11)8-9-20-18(23)12-2-4-13(19)5-3-12/h2-7,10,21-22H,8-9H2,1H3,(H,20,23). The number of benzene rings is 2. The average Bonchev–Trinajstić information content (AvgIpc) is 2.58. The number of allylic oxidation sites excluding steroid dienone is 1. The number of rotatable bonds is 4. The molecule has 2 aromatic rings. The molecule has 2 aromatic carbocycles. The molecule has 1 aliphatic rings. The zero-order chi connectivity index (χ0) is 17.1. The van der Waals surface area contributed by atoms with Crippen LogP contribution in [0.3, 0.4) is 0 Å². The van der Waals surface area contributed by atoms with Crippen LogP contribution in [0.4, 0.5) is 4.39 Å². The molecule has 6 heteroatoms. The molecule has 0 aromatic heterocycles. The molecule has 0 saturated carbocycles. The second kappa shape index (κ2) is 6.62. The Hall–Kier alpha value is -3.02. The highest BCUT2D eigenvalue weighted by atomic mass is 19.1. The van der Waals surface area contributed by atoms with Gasteiger partial charge in [-0.3, -0.25) is 4.79 Å². The molecule has 24 heavy (non-hydrogen) atoms. The van der Waals surface area contributed by atoms with E-state index in [0.717, 1.165) is 16.8 Å². The Kier molecular flexibility index (Phi) is 4.37. The Morgan fingerprint density at radius 3 is 2.75 bits per heavy atom. The van der Waals surface area contributed by atoms with Crippen LogP contribution >= 0.6 is 0 Å². The first-order chi connectivity index (χ1) is 11.5. The van der Waals surface area contributed by atoms with Crippen molar-refractivity contribution < 1.29 is 19.1 Å². The lowest BCUT2D eigenvalue weighted by molar-refractivity contribution is 0.0953. The van der Waals surface area contributed by atoms with E-state index in [1.807, 2.05) is 6.92 Å². The summed E-state index contributed by atoms with van der Waals surface area (Å²) in [6.07, 6.45) is 0.536. The number of carbonyl (C=O) groups is 1. The van der Waals surface area contributed by atoms with E-state index in [-0.39, 0.29) is 17.5 Å². The summed E-state index contributed by atoms with van der Waals surface area (Å²) >= 11 is 0. The third-order valence-corrected chi connectivity index (χ3v) is 3.87. The molecular formula is C18H17FN2O3. The van der Waals surface area contributed by atoms with Gasteiger partial charge in [-0.1, -0.05) is 0 Å². The summed E-state index contributed by atoms with van der Waals surface area (Å²) in [7, 11) is 0. The maximum atomic E-state index is 12.9. The topological polar surface area (TPSA) is 70.6 Å². The van der Waals surface area contributed by atoms with Gasteiger partial charge in [0.1, 0.15) is 11.6 Å². The van der Waals surface area contributed by atoms with Gasteiger partial charge in [0, 0.05) is 24.1 Å². The number of fused-ring (bicyclic) bond motifs is 1. The smallest absolute Gasteiger partial charge is 0.251 e. The summed E-state index contributed by atoms with van der Waals surface area (Å²) in [5, 5.41) is 12.4. The molecule has 3 N–H and O–H groups in total. The molecule has 1 heterocycles. The number of hydrogen-bond donors (Lipinski definition) is 3. The maximum absolute atomic E-state index is 12.9. The van der Waals surface area contributed by atoms with E-state index >= 15 is 0 Å². The van der Waals surface area contributed by atoms with Gasteiger partial charge in [0.25, 0.3) is 5.91 Å². The van der Waals surface area contributed by atoms with Gasteiger partial charge in [-0.2, -0.15) is 0 Å². The lowest BCUT2D eigenvalue weighted by Gasteiger charge is -2.23. The molecule has 0 atom stereocenters. The lowest BCUT2D eigenvalue weighted by atomic mass is 10.0. The predicted molar refractivity (Wildman–Crippen MR) is 87.8 cm³/mol. The number of amides is 1. The van der Waals surface area contributed by atoms with Crippen LogP contribution < -0.4 is 15.6 Å². The molecule has 124 valence electrons. The van der Waals surface area contributed by atoms with E-state index in [4.69, 9.17) is 4.84 Å². The van der Waals surface area contributed by atoms with Gasteiger partial charge in [-0.25, -0.2) is 9.87 Å². The predicted octanol–water partition coefficient (Wildman–Crippen LogP) is 2.98. The Balaban J connectivity index is 1.63. The lowest BCUT2D eigenvalue weighted by Crippen LogP contribution is -2.29. The normalized spacial score (nSPS) is 12.9. The van der Waals surface area contributed by atoms with Crippen LogP contribution in [0.1, 0.15) is 29.3 Å². The van der Waals surface area contributed by atoms with Crippen LogP contribution in [0.25, 0.3) is 5.57 Å². The van der Waals surface area contributed by atoms with Crippen LogP contribution in [0.5, 0.6) is 11.5 Å². The molecule has 0 spiro atoms. The maximum Gasteiger partial charge on any atom is 0.251 e. The molecule has 0 unspecified atom stereocenters. The summed E-state index contributed by atoms with van der Waals surface area (Å²) < 4.78 is 12.9. The summed E-state index contributed by atoms with van der Waals surface area (Å²) in [4.78, 5) is 17.4. The van der Waals surface area contributed by atoms with Crippen molar-refractivity contribution in [1.82, 2.24) is 10.8 Å². The van der Waals surface area contributed by atoms with Crippen molar-refractivity contribution in [3.05, 3.63) is 65.1 Å². The van der Waals surface area contributed by atoms with Gasteiger partial charge >= 0.3 is 0 Å². The number of aromatic hydroxyl groups is 1. The quantitative estimate of drug-likeness (QED) is 0.807. The van der Waals surface area contributed by atoms with Gasteiger partial charge in [0.2, 0.25) is 0 Å². The highest BCUT2D eigenvalue weighted by Gasteiger charge is 2.17. The van der Waals surface area contributed by atoms with Crippen LogP contribution in [-0.2, 0) is 0 Å². The van der Waals surface area contributed by atoms with Gasteiger partial charge in [-0.15, -0.1) is 0 Å². The number of hydrogen-bond acceptors (Lipinski definition) is 4. The zero-order valence-corrected chi connectivity index (χ0v) is 13.1. The molecule has 0 radical (unpaired) electrons. The molecule has 3 rings (SSSR count). The SMILES string of the molecule is CC1=C(CCNC(=O)c2ccc(F)cc2)NOc2ccc(O)cc21. The van der Waals surface area contributed by atoms with Crippen LogP contribution in [0, 0.1) is 5.82 Å². The van der Waals surface area contributed by atoms with Crippen LogP contribution in [-0.4, -0.2) is 17.6 Å². The van der Waals surface area contributed by atoms with Crippen LogP contribution in [0.2, 0.25) is 0 Å². The van der Waals surface area contributed by atoms with E-state index in [0.29, 0.717) is 24.3 Å². The Bertz CT molecular complexity index is 800. The number of phenols is 1. The van der Waals surface area contributed by atoms with Crippen molar-refractivity contribution >= 4 is 11.5 Å². The first-order valence-electron chi connectivity index (χ1n) is 7.54. The number of phenolic OH excluding ortho intramolecular Hbond substituents is 1. The van der Waals surface area contributed by atoms with Crippen molar-refractivity contribution in [3.8, 4) is 11.5 Å². The monoisotopic (exact) mass is 328 g/mol. The minimum absolute atomic E-state index is 0.169. The van der Waals surface area contributed by atoms with E-state index in [9.17, 15) is 14.3 Å². The van der Waals surface area contributed by atoms with Gasteiger partial charge < -0.3 is 15.3 Å². The van der Waals surface area contributed by atoms with Gasteiger partial charge in [0.15, 0.2) is 5.75 Å². The fourth-order valence-corrected chi connectivity index (χ4v) is 2.50. The van der Waals surface area contributed by atoms with E-state index < -0.39 is 0 Å². The fourth-order valence-electron chi connectivity index (χ4n) is 2.50. The molecular weight excluding hydrogens is 311 g/mol. The molecule has 1 amide bonds. The first kappa shape index (κ1) is 15.9. The van der Waals surface area contributed by atoms with Gasteiger partial charge in [0.05, 0.1) is 5.70 Å². The summed E-state index contributed by atoms with van der Waals surface area (Å²) in [5.74, 6) is 0.174. The Morgan fingerprint density at radius 2 is 2.00 bits per heavy atom. The Morgan fingerprint density at radius 1 is 1.25 bits per heavy atom. The molecule has 0 saturated heterocycles. The summed E-state index contributed by atoms with van der Waals surface area (Å²) in [5.41, 5.74) is 5.86. The van der Waals surface area contributed by atoms with E-state index in [1.54, 1.807) is 18.2 Å². The highest BCUT2D eigenvalue weighted by Crippen LogP contribution is 2.34. The summed E-state index contributed by atoms with van der Waals surface area (Å²) in [6, 6.07) is 10.3. The first-order valence-corrected chi connectivity index (χ1v) is 7.54. The third-order valence-electron chi connectivity index (χ3n) is 3.87. The zero-order valence-electron chi connectivity index (χ0n) is 13.1. The highest BCUT2D eigenvalue weighted by molar-refractivity contribution is 5.94. The number of carbonyl (C=O) groups excluding carboxylic acids is 1. The van der Waals surface area contributed by atoms with Crippen molar-refractivity contribution in [2.75, 3.05) is 6.54 Å². The molecule has 1 aliphatic heterocycles.